The van der Waals surface area contributed by atoms with Crippen LogP contribution in [0, 0.1) is 0 Å². The molecule has 1 aliphatic carbocycles. The number of pyridine rings is 1. The molecular formula is C12H16N2O3. The van der Waals surface area contributed by atoms with E-state index < -0.39 is 5.97 Å². The number of carbonyl (C=O) groups is 1. The van der Waals surface area contributed by atoms with Gasteiger partial charge in [-0.05, 0) is 25.0 Å². The molecule has 2 atom stereocenters. The predicted octanol–water partition coefficient (Wildman–Crippen LogP) is 1.50. The lowest BCUT2D eigenvalue weighted by atomic mass is 9.92. The monoisotopic (exact) mass is 236 g/mol. The van der Waals surface area contributed by atoms with Gasteiger partial charge in [-0.25, -0.2) is 9.78 Å². The van der Waals surface area contributed by atoms with Crippen LogP contribution in [-0.4, -0.2) is 33.3 Å². The third-order valence-electron chi connectivity index (χ3n) is 3.07. The maximum atomic E-state index is 10.8. The van der Waals surface area contributed by atoms with E-state index in [1.54, 1.807) is 0 Å². The number of nitrogens with zero attached hydrogens (tertiary/aromatic N) is 1. The van der Waals surface area contributed by atoms with Crippen molar-refractivity contribution >= 4 is 11.8 Å². The molecule has 0 radical (unpaired) electrons. The number of anilines is 1. The van der Waals surface area contributed by atoms with Gasteiger partial charge < -0.3 is 15.5 Å². The highest BCUT2D eigenvalue weighted by Crippen LogP contribution is 2.21. The van der Waals surface area contributed by atoms with Crippen molar-refractivity contribution in [1.82, 2.24) is 4.98 Å². The molecule has 1 heterocycles. The Morgan fingerprint density at radius 2 is 2.18 bits per heavy atom. The summed E-state index contributed by atoms with van der Waals surface area (Å²) in [5.74, 6) is -0.463. The third-order valence-corrected chi connectivity index (χ3v) is 3.07. The first-order chi connectivity index (χ1) is 8.16. The van der Waals surface area contributed by atoms with E-state index in [2.05, 4.69) is 10.3 Å². The maximum Gasteiger partial charge on any atom is 0.335 e. The van der Waals surface area contributed by atoms with Crippen LogP contribution in [0.15, 0.2) is 18.3 Å². The van der Waals surface area contributed by atoms with Gasteiger partial charge in [0.1, 0.15) is 5.82 Å². The molecule has 2 rings (SSSR count). The van der Waals surface area contributed by atoms with Crippen molar-refractivity contribution in [2.24, 2.45) is 0 Å². The van der Waals surface area contributed by atoms with Crippen LogP contribution >= 0.6 is 0 Å². The highest BCUT2D eigenvalue weighted by molar-refractivity contribution is 5.88. The first kappa shape index (κ1) is 11.9. The lowest BCUT2D eigenvalue weighted by molar-refractivity contribution is 0.0697. The zero-order chi connectivity index (χ0) is 12.3. The SMILES string of the molecule is O=C(O)c1ccnc(NC2CCCCC2O)c1. The molecule has 1 aromatic rings. The van der Waals surface area contributed by atoms with Crippen LogP contribution in [0.3, 0.4) is 0 Å². The van der Waals surface area contributed by atoms with E-state index in [9.17, 15) is 9.90 Å². The summed E-state index contributed by atoms with van der Waals surface area (Å²) in [4.78, 5) is 14.9. The number of aromatic carboxylic acids is 1. The predicted molar refractivity (Wildman–Crippen MR) is 63.1 cm³/mol. The van der Waals surface area contributed by atoms with Crippen LogP contribution in [0.4, 0.5) is 5.82 Å². The quantitative estimate of drug-likeness (QED) is 0.740. The molecule has 0 aromatic carbocycles. The largest absolute Gasteiger partial charge is 0.478 e. The van der Waals surface area contributed by atoms with Crippen molar-refractivity contribution in [2.75, 3.05) is 5.32 Å². The first-order valence-corrected chi connectivity index (χ1v) is 5.81. The molecule has 1 aromatic heterocycles. The molecule has 5 nitrogen and oxygen atoms in total. The van der Waals surface area contributed by atoms with E-state index in [-0.39, 0.29) is 17.7 Å². The Bertz CT molecular complexity index is 408. The molecular weight excluding hydrogens is 220 g/mol. The summed E-state index contributed by atoms with van der Waals surface area (Å²) in [6, 6.07) is 2.91. The minimum atomic E-state index is -0.973. The fourth-order valence-corrected chi connectivity index (χ4v) is 2.11. The van der Waals surface area contributed by atoms with Crippen LogP contribution in [0.2, 0.25) is 0 Å². The lowest BCUT2D eigenvalue weighted by Gasteiger charge is -2.28. The first-order valence-electron chi connectivity index (χ1n) is 5.81. The number of hydrogen-bond donors (Lipinski definition) is 3. The summed E-state index contributed by atoms with van der Waals surface area (Å²) in [7, 11) is 0. The Balaban J connectivity index is 2.07. The number of nitrogens with one attached hydrogen (secondary N) is 1. The number of carboxylic acids is 1. The van der Waals surface area contributed by atoms with Crippen molar-refractivity contribution in [3.05, 3.63) is 23.9 Å². The Labute approximate surface area is 99.5 Å². The number of rotatable bonds is 3. The van der Waals surface area contributed by atoms with Crippen LogP contribution in [0.5, 0.6) is 0 Å². The van der Waals surface area contributed by atoms with Crippen molar-refractivity contribution < 1.29 is 15.0 Å². The maximum absolute atomic E-state index is 10.8. The van der Waals surface area contributed by atoms with Gasteiger partial charge in [0, 0.05) is 6.20 Å². The zero-order valence-corrected chi connectivity index (χ0v) is 9.47. The molecule has 1 saturated carbocycles. The number of aliphatic hydroxyl groups excluding tert-OH is 1. The highest BCUT2D eigenvalue weighted by atomic mass is 16.4. The second kappa shape index (κ2) is 5.14. The Kier molecular flexibility index (Phi) is 3.58. The fourth-order valence-electron chi connectivity index (χ4n) is 2.11. The summed E-state index contributed by atoms with van der Waals surface area (Å²) >= 11 is 0. The molecule has 17 heavy (non-hydrogen) atoms. The van der Waals surface area contributed by atoms with Gasteiger partial charge in [-0.1, -0.05) is 12.8 Å². The minimum absolute atomic E-state index is 0.0275. The van der Waals surface area contributed by atoms with Crippen LogP contribution < -0.4 is 5.32 Å². The van der Waals surface area contributed by atoms with Crippen molar-refractivity contribution in [2.45, 2.75) is 37.8 Å². The van der Waals surface area contributed by atoms with Crippen molar-refractivity contribution in [1.29, 1.82) is 0 Å². The zero-order valence-electron chi connectivity index (χ0n) is 9.47. The molecule has 2 unspecified atom stereocenters. The standard InChI is InChI=1S/C12H16N2O3/c15-10-4-2-1-3-9(10)14-11-7-8(12(16)17)5-6-13-11/h5-7,9-10,15H,1-4H2,(H,13,14)(H,16,17). The summed E-state index contributed by atoms with van der Waals surface area (Å²) in [6.45, 7) is 0. The number of aromatic nitrogens is 1. The number of aliphatic hydroxyl groups is 1. The summed E-state index contributed by atoms with van der Waals surface area (Å²) < 4.78 is 0. The summed E-state index contributed by atoms with van der Waals surface area (Å²) in [5, 5.41) is 21.8. The second-order valence-electron chi connectivity index (χ2n) is 4.34. The van der Waals surface area contributed by atoms with E-state index in [1.165, 1.54) is 18.3 Å². The lowest BCUT2D eigenvalue weighted by Crippen LogP contribution is -2.36. The van der Waals surface area contributed by atoms with Gasteiger partial charge in [0.15, 0.2) is 0 Å². The van der Waals surface area contributed by atoms with E-state index >= 15 is 0 Å². The smallest absolute Gasteiger partial charge is 0.335 e. The minimum Gasteiger partial charge on any atom is -0.478 e. The second-order valence-corrected chi connectivity index (χ2v) is 4.34. The van der Waals surface area contributed by atoms with Gasteiger partial charge in [-0.3, -0.25) is 0 Å². The van der Waals surface area contributed by atoms with Crippen molar-refractivity contribution in [3.8, 4) is 0 Å². The van der Waals surface area contributed by atoms with Crippen LogP contribution in [0.1, 0.15) is 36.0 Å². The molecule has 0 saturated heterocycles. The Morgan fingerprint density at radius 3 is 2.88 bits per heavy atom. The van der Waals surface area contributed by atoms with E-state index in [4.69, 9.17) is 5.11 Å². The van der Waals surface area contributed by atoms with E-state index in [1.807, 2.05) is 0 Å². The van der Waals surface area contributed by atoms with Gasteiger partial charge in [-0.2, -0.15) is 0 Å². The Hall–Kier alpha value is -1.62. The fraction of sp³-hybridized carbons (Fsp3) is 0.500. The topological polar surface area (TPSA) is 82.5 Å². The molecule has 0 bridgehead atoms. The molecule has 0 amide bonds. The Morgan fingerprint density at radius 1 is 1.41 bits per heavy atom. The van der Waals surface area contributed by atoms with Crippen LogP contribution in [0.25, 0.3) is 0 Å². The average molecular weight is 236 g/mol. The molecule has 3 N–H and O–H groups in total. The molecule has 92 valence electrons. The van der Waals surface area contributed by atoms with E-state index in [0.717, 1.165) is 25.7 Å². The van der Waals surface area contributed by atoms with Gasteiger partial charge in [0.25, 0.3) is 0 Å². The number of hydrogen-bond acceptors (Lipinski definition) is 4. The molecule has 5 heteroatoms. The highest BCUT2D eigenvalue weighted by Gasteiger charge is 2.23. The molecule has 0 spiro atoms. The number of carboxylic acid groups (broad SMARTS) is 1. The molecule has 1 fully saturated rings. The van der Waals surface area contributed by atoms with Crippen molar-refractivity contribution in [3.63, 3.8) is 0 Å². The van der Waals surface area contributed by atoms with Gasteiger partial charge in [0.05, 0.1) is 17.7 Å². The van der Waals surface area contributed by atoms with Gasteiger partial charge in [-0.15, -0.1) is 0 Å². The van der Waals surface area contributed by atoms with Crippen LogP contribution in [-0.2, 0) is 0 Å². The third kappa shape index (κ3) is 2.94. The van der Waals surface area contributed by atoms with Gasteiger partial charge in [0.2, 0.25) is 0 Å². The van der Waals surface area contributed by atoms with Gasteiger partial charge >= 0.3 is 5.97 Å². The molecule has 1 aliphatic rings. The van der Waals surface area contributed by atoms with E-state index in [0.29, 0.717) is 5.82 Å². The summed E-state index contributed by atoms with van der Waals surface area (Å²) in [5.41, 5.74) is 0.202. The summed E-state index contributed by atoms with van der Waals surface area (Å²) in [6.07, 6.45) is 4.88. The average Bonchev–Trinajstić information content (AvgIpc) is 2.32. The normalized spacial score (nSPS) is 24.3. The molecule has 0 aliphatic heterocycles.